The van der Waals surface area contributed by atoms with Gasteiger partial charge < -0.3 is 14.5 Å². The molecule has 1 aromatic heterocycles. The quantitative estimate of drug-likeness (QED) is 0.711. The summed E-state index contributed by atoms with van der Waals surface area (Å²) >= 11 is 0. The monoisotopic (exact) mass is 375 g/mol. The number of nitrogens with one attached hydrogen (secondary N) is 1. The third-order valence-electron chi connectivity index (χ3n) is 5.16. The molecular weight excluding hydrogens is 358 g/mol. The first kappa shape index (κ1) is 16.6. The lowest BCUT2D eigenvalue weighted by molar-refractivity contribution is -0.133. The number of ether oxygens (including phenoxy) is 1. The van der Waals surface area contributed by atoms with Crippen LogP contribution in [0.4, 0.5) is 4.79 Å². The average Bonchev–Trinajstić information content (AvgIpc) is 3.29. The molecular formula is C21H17N3O4. The molecule has 3 aromatic rings. The van der Waals surface area contributed by atoms with Crippen molar-refractivity contribution in [1.29, 1.82) is 0 Å². The second kappa shape index (κ2) is 6.23. The second-order valence-corrected chi connectivity index (χ2v) is 6.81. The normalized spacial score (nSPS) is 20.8. The number of para-hydroxylation sites is 1. The number of amides is 3. The Morgan fingerprint density at radius 3 is 2.71 bits per heavy atom. The zero-order chi connectivity index (χ0) is 19.1. The molecule has 3 heterocycles. The Hall–Kier alpha value is -3.61. The number of urea groups is 1. The number of nitrogens with zero attached hydrogens (tertiary/aromatic N) is 2. The van der Waals surface area contributed by atoms with Gasteiger partial charge in [-0.15, -0.1) is 0 Å². The third kappa shape index (κ3) is 2.47. The maximum atomic E-state index is 13.3. The molecule has 0 aliphatic carbocycles. The van der Waals surface area contributed by atoms with Crippen LogP contribution in [0.1, 0.15) is 17.9 Å². The van der Waals surface area contributed by atoms with Crippen LogP contribution in [0.15, 0.2) is 65.2 Å². The molecule has 0 unspecified atom stereocenters. The van der Waals surface area contributed by atoms with E-state index in [0.717, 1.165) is 10.5 Å². The predicted molar refractivity (Wildman–Crippen MR) is 99.3 cm³/mol. The van der Waals surface area contributed by atoms with Crippen LogP contribution in [-0.2, 0) is 16.9 Å². The highest BCUT2D eigenvalue weighted by Gasteiger charge is 2.55. The predicted octanol–water partition coefficient (Wildman–Crippen LogP) is 3.07. The van der Waals surface area contributed by atoms with E-state index in [2.05, 4.69) is 10.3 Å². The number of imide groups is 1. The van der Waals surface area contributed by atoms with E-state index in [9.17, 15) is 9.59 Å². The minimum atomic E-state index is -1.10. The van der Waals surface area contributed by atoms with Crippen LogP contribution in [0.5, 0.6) is 5.75 Å². The van der Waals surface area contributed by atoms with Crippen LogP contribution in [0.3, 0.4) is 0 Å². The van der Waals surface area contributed by atoms with Gasteiger partial charge in [0, 0.05) is 17.5 Å². The molecule has 0 bridgehead atoms. The molecule has 1 spiro atoms. The fraction of sp³-hybridized carbons (Fsp3) is 0.190. The fourth-order valence-electron chi connectivity index (χ4n) is 3.77. The summed E-state index contributed by atoms with van der Waals surface area (Å²) in [5, 5.41) is 2.87. The van der Waals surface area contributed by atoms with E-state index in [1.54, 1.807) is 12.3 Å². The van der Waals surface area contributed by atoms with Gasteiger partial charge in [-0.3, -0.25) is 9.69 Å². The maximum absolute atomic E-state index is 13.3. The van der Waals surface area contributed by atoms with E-state index in [4.69, 9.17) is 9.15 Å². The third-order valence-corrected chi connectivity index (χ3v) is 5.16. The molecule has 3 amide bonds. The minimum Gasteiger partial charge on any atom is -0.493 e. The number of hydrogen-bond donors (Lipinski definition) is 1. The highest BCUT2D eigenvalue weighted by molar-refractivity contribution is 6.07. The van der Waals surface area contributed by atoms with Crippen LogP contribution in [-0.4, -0.2) is 28.4 Å². The van der Waals surface area contributed by atoms with Crippen molar-refractivity contribution in [3.8, 4) is 17.1 Å². The average molecular weight is 375 g/mol. The lowest BCUT2D eigenvalue weighted by Crippen LogP contribution is -2.47. The van der Waals surface area contributed by atoms with Crippen molar-refractivity contribution in [3.63, 3.8) is 0 Å². The molecule has 1 saturated heterocycles. The zero-order valence-corrected chi connectivity index (χ0v) is 14.9. The molecule has 0 radical (unpaired) electrons. The van der Waals surface area contributed by atoms with E-state index in [1.165, 1.54) is 0 Å². The van der Waals surface area contributed by atoms with Crippen molar-refractivity contribution in [1.82, 2.24) is 15.2 Å². The van der Waals surface area contributed by atoms with Gasteiger partial charge in [0.1, 0.15) is 12.3 Å². The molecule has 140 valence electrons. The summed E-state index contributed by atoms with van der Waals surface area (Å²) in [4.78, 5) is 31.3. The Morgan fingerprint density at radius 1 is 1.07 bits per heavy atom. The molecule has 7 nitrogen and oxygen atoms in total. The van der Waals surface area contributed by atoms with Gasteiger partial charge in [-0.05, 0) is 6.07 Å². The van der Waals surface area contributed by atoms with Crippen LogP contribution >= 0.6 is 0 Å². The molecule has 2 aliphatic rings. The number of oxazole rings is 1. The maximum Gasteiger partial charge on any atom is 0.325 e. The summed E-state index contributed by atoms with van der Waals surface area (Å²) in [6, 6.07) is 16.4. The summed E-state index contributed by atoms with van der Waals surface area (Å²) in [6.07, 6.45) is 1.98. The Morgan fingerprint density at radius 2 is 1.86 bits per heavy atom. The summed E-state index contributed by atoms with van der Waals surface area (Å²) in [5.74, 6) is 1.20. The SMILES string of the molecule is O=C1N[C@]2(CCOc3ccccc32)C(=O)N1Cc1ncc(-c2ccccc2)o1. The van der Waals surface area contributed by atoms with Crippen molar-refractivity contribution in [2.45, 2.75) is 18.5 Å². The largest absolute Gasteiger partial charge is 0.493 e. The van der Waals surface area contributed by atoms with E-state index in [1.807, 2.05) is 48.5 Å². The van der Waals surface area contributed by atoms with Gasteiger partial charge in [-0.1, -0.05) is 48.5 Å². The molecule has 0 saturated carbocycles. The van der Waals surface area contributed by atoms with Crippen molar-refractivity contribution >= 4 is 11.9 Å². The van der Waals surface area contributed by atoms with Crippen LogP contribution in [0.2, 0.25) is 0 Å². The van der Waals surface area contributed by atoms with Gasteiger partial charge >= 0.3 is 6.03 Å². The van der Waals surface area contributed by atoms with Crippen molar-refractivity contribution in [3.05, 3.63) is 72.2 Å². The number of rotatable bonds is 3. The number of carbonyl (C=O) groups is 2. The van der Waals surface area contributed by atoms with Crippen molar-refractivity contribution in [2.24, 2.45) is 0 Å². The molecule has 2 aliphatic heterocycles. The molecule has 28 heavy (non-hydrogen) atoms. The lowest BCUT2D eigenvalue weighted by atomic mass is 9.84. The Balaban J connectivity index is 1.43. The minimum absolute atomic E-state index is 0.0255. The fourth-order valence-corrected chi connectivity index (χ4v) is 3.77. The molecule has 2 aromatic carbocycles. The highest BCUT2D eigenvalue weighted by Crippen LogP contribution is 2.41. The molecule has 1 atom stereocenters. The van der Waals surface area contributed by atoms with Crippen LogP contribution in [0, 0.1) is 0 Å². The molecule has 1 N–H and O–H groups in total. The van der Waals surface area contributed by atoms with Gasteiger partial charge in [0.2, 0.25) is 5.89 Å². The smallest absolute Gasteiger partial charge is 0.325 e. The zero-order valence-electron chi connectivity index (χ0n) is 14.9. The summed E-state index contributed by atoms with van der Waals surface area (Å²) in [7, 11) is 0. The number of carbonyl (C=O) groups excluding carboxylic acids is 2. The van der Waals surface area contributed by atoms with Gasteiger partial charge in [0.25, 0.3) is 5.91 Å². The summed E-state index contributed by atoms with van der Waals surface area (Å²) in [5.41, 5.74) is 0.466. The first-order chi connectivity index (χ1) is 13.7. The first-order valence-corrected chi connectivity index (χ1v) is 9.04. The number of fused-ring (bicyclic) bond motifs is 2. The summed E-state index contributed by atoms with van der Waals surface area (Å²) in [6.45, 7) is 0.330. The Bertz CT molecular complexity index is 1060. The number of aromatic nitrogens is 1. The molecule has 5 rings (SSSR count). The van der Waals surface area contributed by atoms with E-state index in [-0.39, 0.29) is 12.5 Å². The second-order valence-electron chi connectivity index (χ2n) is 6.81. The standard InChI is InChI=1S/C21H17N3O4/c25-19-21(10-11-27-16-9-5-4-8-15(16)21)23-20(26)24(19)13-18-22-12-17(28-18)14-6-2-1-3-7-14/h1-9,12H,10-11,13H2,(H,23,26)/t21-/m0/s1. The number of hydrogen-bond acceptors (Lipinski definition) is 5. The number of benzene rings is 2. The van der Waals surface area contributed by atoms with Crippen molar-refractivity contribution in [2.75, 3.05) is 6.61 Å². The van der Waals surface area contributed by atoms with Crippen LogP contribution < -0.4 is 10.1 Å². The Labute approximate surface area is 160 Å². The molecule has 1 fully saturated rings. The lowest BCUT2D eigenvalue weighted by Gasteiger charge is -2.33. The van der Waals surface area contributed by atoms with E-state index in [0.29, 0.717) is 36.0 Å². The van der Waals surface area contributed by atoms with Crippen LogP contribution in [0.25, 0.3) is 11.3 Å². The van der Waals surface area contributed by atoms with Gasteiger partial charge in [0.15, 0.2) is 11.3 Å². The topological polar surface area (TPSA) is 84.7 Å². The van der Waals surface area contributed by atoms with Crippen molar-refractivity contribution < 1.29 is 18.7 Å². The van der Waals surface area contributed by atoms with Gasteiger partial charge in [-0.25, -0.2) is 9.78 Å². The summed E-state index contributed by atoms with van der Waals surface area (Å²) < 4.78 is 11.4. The van der Waals surface area contributed by atoms with Gasteiger partial charge in [-0.2, -0.15) is 0 Å². The first-order valence-electron chi connectivity index (χ1n) is 9.04. The highest BCUT2D eigenvalue weighted by atomic mass is 16.5. The van der Waals surface area contributed by atoms with E-state index < -0.39 is 11.6 Å². The van der Waals surface area contributed by atoms with Gasteiger partial charge in [0.05, 0.1) is 12.8 Å². The van der Waals surface area contributed by atoms with E-state index >= 15 is 0 Å². The Kier molecular flexibility index (Phi) is 3.68. The molecule has 7 heteroatoms.